The first-order valence-corrected chi connectivity index (χ1v) is 27.6. The van der Waals surface area contributed by atoms with Crippen molar-refractivity contribution in [3.63, 3.8) is 0 Å². The van der Waals surface area contributed by atoms with Crippen LogP contribution in [0.15, 0.2) is 114 Å². The number of carbonyl (C=O) groups excluding carboxylic acids is 1. The molecule has 0 aromatic heterocycles. The van der Waals surface area contributed by atoms with Crippen molar-refractivity contribution in [3.8, 4) is 28.7 Å². The van der Waals surface area contributed by atoms with E-state index >= 15 is 4.79 Å². The Labute approximate surface area is 451 Å². The van der Waals surface area contributed by atoms with Crippen LogP contribution in [0.4, 0.5) is 11.4 Å². The Bertz CT molecular complexity index is 2710. The van der Waals surface area contributed by atoms with E-state index in [1.165, 1.54) is 56.4 Å². The van der Waals surface area contributed by atoms with Crippen molar-refractivity contribution >= 4 is 23.0 Å². The zero-order valence-electron chi connectivity index (χ0n) is 44.3. The molecule has 0 unspecified atom stereocenters. The van der Waals surface area contributed by atoms with Gasteiger partial charge in [-0.25, -0.2) is 0 Å². The maximum atomic E-state index is 15.5. The molecular weight excluding hydrogens is 985 g/mol. The van der Waals surface area contributed by atoms with Gasteiger partial charge in [0.2, 0.25) is 18.5 Å². The molecule has 4 aliphatic rings. The molecule has 2 heterocycles. The molecular formula is C60H74N4O13. The Kier molecular flexibility index (Phi) is 20.1. The molecule has 6 atom stereocenters. The van der Waals surface area contributed by atoms with Crippen LogP contribution in [0.3, 0.4) is 0 Å². The molecule has 2 N–H and O–H groups in total. The van der Waals surface area contributed by atoms with Crippen LogP contribution in [0.5, 0.6) is 28.7 Å². The Balaban J connectivity index is 1.28. The maximum Gasteiger partial charge on any atom is 0.273 e. The van der Waals surface area contributed by atoms with Crippen molar-refractivity contribution in [2.24, 2.45) is 22.9 Å². The van der Waals surface area contributed by atoms with E-state index in [4.69, 9.17) is 33.7 Å². The van der Waals surface area contributed by atoms with Gasteiger partial charge in [0.05, 0.1) is 34.1 Å². The SMILES string of the molecule is C=CCO[C@@]12Oc3ccc(Oc4cccc([N+](=O)[O-])c4)cc3[C@H]3[C@H](CCCCO)[C@@H](CCCCO)C=C(C(=NOCc4ccc([N+](=O)[O-])cc4)C[C@@H]1N(Cc1ccc4c(c1)OCO4)C(=O)CCCCCCCCCCC)[C@H]32. The molecule has 0 saturated heterocycles. The van der Waals surface area contributed by atoms with Gasteiger partial charge in [0.25, 0.3) is 11.4 Å². The molecule has 1 fully saturated rings. The summed E-state index contributed by atoms with van der Waals surface area (Å²) in [6.07, 6.45) is 18.2. The van der Waals surface area contributed by atoms with Crippen molar-refractivity contribution in [1.29, 1.82) is 0 Å². The fourth-order valence-corrected chi connectivity index (χ4v) is 11.7. The quantitative estimate of drug-likeness (QED) is 0.0208. The first kappa shape index (κ1) is 56.4. The van der Waals surface area contributed by atoms with Crippen LogP contribution in [0, 0.1) is 38.0 Å². The number of benzene rings is 4. The highest BCUT2D eigenvalue weighted by Gasteiger charge is 2.65. The lowest BCUT2D eigenvalue weighted by Crippen LogP contribution is -2.70. The molecule has 77 heavy (non-hydrogen) atoms. The number of fused-ring (bicyclic) bond motifs is 3. The molecule has 8 rings (SSSR count). The van der Waals surface area contributed by atoms with E-state index in [0.29, 0.717) is 66.4 Å². The number of hydrogen-bond donors (Lipinski definition) is 2. The second kappa shape index (κ2) is 27.5. The lowest BCUT2D eigenvalue weighted by atomic mass is 9.55. The van der Waals surface area contributed by atoms with Crippen molar-refractivity contribution in [2.75, 3.05) is 26.6 Å². The second-order valence-corrected chi connectivity index (χ2v) is 20.6. The van der Waals surface area contributed by atoms with Gasteiger partial charge in [-0.1, -0.05) is 101 Å². The number of allylic oxidation sites excluding steroid dienone is 1. The van der Waals surface area contributed by atoms with Gasteiger partial charge in [-0.3, -0.25) is 25.0 Å². The highest BCUT2D eigenvalue weighted by Crippen LogP contribution is 2.62. The van der Waals surface area contributed by atoms with Gasteiger partial charge in [0.1, 0.15) is 29.9 Å². The number of aliphatic hydroxyl groups excluding tert-OH is 2. The molecule has 4 aromatic rings. The van der Waals surface area contributed by atoms with E-state index < -0.39 is 27.6 Å². The third-order valence-corrected chi connectivity index (χ3v) is 15.4. The fraction of sp³-hybridized carbons (Fsp3) is 0.500. The molecule has 0 bridgehead atoms. The average molecular weight is 1060 g/mol. The third-order valence-electron chi connectivity index (χ3n) is 15.4. The number of non-ortho nitro benzene ring substituents is 2. The summed E-state index contributed by atoms with van der Waals surface area (Å²) in [5, 5.41) is 48.5. The smallest absolute Gasteiger partial charge is 0.273 e. The van der Waals surface area contributed by atoms with Gasteiger partial charge in [0.15, 0.2) is 11.5 Å². The molecule has 2 aliphatic carbocycles. The lowest BCUT2D eigenvalue weighted by Gasteiger charge is -2.60. The highest BCUT2D eigenvalue weighted by atomic mass is 16.7. The number of aliphatic hydroxyl groups is 2. The second-order valence-electron chi connectivity index (χ2n) is 20.6. The van der Waals surface area contributed by atoms with E-state index in [1.807, 2.05) is 35.2 Å². The van der Waals surface area contributed by atoms with E-state index in [-0.39, 0.29) is 93.4 Å². The number of unbranched alkanes of at least 4 members (excludes halogenated alkanes) is 10. The van der Waals surface area contributed by atoms with Crippen LogP contribution in [0.25, 0.3) is 0 Å². The number of rotatable bonds is 31. The summed E-state index contributed by atoms with van der Waals surface area (Å²) < 4.78 is 32.7. The van der Waals surface area contributed by atoms with E-state index in [9.17, 15) is 30.4 Å². The fourth-order valence-electron chi connectivity index (χ4n) is 11.7. The number of ether oxygens (including phenoxy) is 5. The third kappa shape index (κ3) is 13.8. The summed E-state index contributed by atoms with van der Waals surface area (Å²) in [4.78, 5) is 46.1. The maximum absolute atomic E-state index is 15.5. The largest absolute Gasteiger partial charge is 0.459 e. The standard InChI is InChI=1S/C60H74N4O13/c1-3-5-6-7-8-9-10-11-12-22-57(67)62(39-43-25-29-54-55(34-43)73-41-72-54)56-38-52(61-75-40-42-23-26-45(27-24-42)63(68)69)50-35-44(18-13-15-31-65)49(21-14-16-32-66)58-51-37-48(76-47-20-17-19-46(36-47)64(70)71)28-30-53(51)77-60(56,59(50)58)74-33-4-2/h4,17,19-20,23-30,34-37,44,49,56,58-59,65-66H,2-3,5-16,18,21-22,31-33,38-41H2,1H3/t44-,49+,56-,58+,59+,60+/m0/s1. The molecule has 412 valence electrons. The van der Waals surface area contributed by atoms with Crippen molar-refractivity contribution in [3.05, 3.63) is 146 Å². The minimum absolute atomic E-state index is 0.00544. The average Bonchev–Trinajstić information content (AvgIpc) is 4.06. The van der Waals surface area contributed by atoms with Gasteiger partial charge in [-0.05, 0) is 109 Å². The van der Waals surface area contributed by atoms with E-state index in [0.717, 1.165) is 48.8 Å². The first-order chi connectivity index (χ1) is 37.6. The van der Waals surface area contributed by atoms with E-state index in [1.54, 1.807) is 36.4 Å². The van der Waals surface area contributed by atoms with Crippen LogP contribution in [0.1, 0.15) is 139 Å². The van der Waals surface area contributed by atoms with Crippen molar-refractivity contribution in [1.82, 2.24) is 4.90 Å². The summed E-state index contributed by atoms with van der Waals surface area (Å²) in [6.45, 7) is 6.69. The van der Waals surface area contributed by atoms with Crippen LogP contribution in [-0.4, -0.2) is 75.0 Å². The lowest BCUT2D eigenvalue weighted by molar-refractivity contribution is -0.385. The molecule has 0 spiro atoms. The summed E-state index contributed by atoms with van der Waals surface area (Å²) in [5.74, 6) is -0.341. The van der Waals surface area contributed by atoms with Crippen LogP contribution < -0.4 is 18.9 Å². The summed E-state index contributed by atoms with van der Waals surface area (Å²) >= 11 is 0. The summed E-state index contributed by atoms with van der Waals surface area (Å²) in [7, 11) is 0. The van der Waals surface area contributed by atoms with Gasteiger partial charge < -0.3 is 43.6 Å². The number of nitro groups is 2. The number of carbonyl (C=O) groups is 1. The van der Waals surface area contributed by atoms with Gasteiger partial charge >= 0.3 is 0 Å². The number of oxime groups is 1. The Morgan fingerprint density at radius 1 is 0.792 bits per heavy atom. The molecule has 0 radical (unpaired) electrons. The monoisotopic (exact) mass is 1060 g/mol. The molecule has 17 heteroatoms. The minimum Gasteiger partial charge on any atom is -0.459 e. The Morgan fingerprint density at radius 2 is 1.48 bits per heavy atom. The topological polar surface area (TPSA) is 215 Å². The number of amides is 1. The van der Waals surface area contributed by atoms with Crippen LogP contribution in [-0.2, 0) is 27.5 Å². The summed E-state index contributed by atoms with van der Waals surface area (Å²) in [6, 6.07) is 22.6. The number of nitro benzene ring substituents is 2. The highest BCUT2D eigenvalue weighted by molar-refractivity contribution is 6.03. The molecule has 1 saturated carbocycles. The predicted molar refractivity (Wildman–Crippen MR) is 291 cm³/mol. The van der Waals surface area contributed by atoms with Crippen molar-refractivity contribution < 1.29 is 53.4 Å². The normalized spacial score (nSPS) is 21.3. The van der Waals surface area contributed by atoms with Crippen molar-refractivity contribution in [2.45, 2.75) is 147 Å². The van der Waals surface area contributed by atoms with E-state index in [2.05, 4.69) is 19.6 Å². The Morgan fingerprint density at radius 3 is 2.21 bits per heavy atom. The van der Waals surface area contributed by atoms with Gasteiger partial charge in [-0.15, -0.1) is 6.58 Å². The molecule has 17 nitrogen and oxygen atoms in total. The van der Waals surface area contributed by atoms with Gasteiger partial charge in [-0.2, -0.15) is 0 Å². The number of nitrogens with zero attached hydrogens (tertiary/aromatic N) is 4. The minimum atomic E-state index is -1.55. The zero-order chi connectivity index (χ0) is 54.2. The van der Waals surface area contributed by atoms with Crippen LogP contribution in [0.2, 0.25) is 0 Å². The zero-order valence-corrected chi connectivity index (χ0v) is 44.3. The first-order valence-electron chi connectivity index (χ1n) is 27.6. The molecule has 1 amide bonds. The van der Waals surface area contributed by atoms with Gasteiger partial charge in [0, 0.05) is 62.3 Å². The summed E-state index contributed by atoms with van der Waals surface area (Å²) in [5.41, 5.74) is 3.56. The van der Waals surface area contributed by atoms with Crippen LogP contribution >= 0.6 is 0 Å². The molecule has 4 aromatic carbocycles. The Hall–Kier alpha value is -6.82. The number of hydrogen-bond acceptors (Lipinski definition) is 14. The molecule has 2 aliphatic heterocycles. The predicted octanol–water partition coefficient (Wildman–Crippen LogP) is 12.8.